The van der Waals surface area contributed by atoms with Crippen molar-refractivity contribution in [1.29, 1.82) is 0 Å². The van der Waals surface area contributed by atoms with Crippen LogP contribution in [0.1, 0.15) is 19.8 Å². The molecular weight excluding hydrogens is 161 g/mol. The van der Waals surface area contributed by atoms with Gasteiger partial charge in [-0.2, -0.15) is 0 Å². The van der Waals surface area contributed by atoms with E-state index in [1.165, 1.54) is 0 Å². The first-order chi connectivity index (χ1) is 5.69. The van der Waals surface area contributed by atoms with E-state index in [4.69, 9.17) is 0 Å². The molecule has 1 heterocycles. The molecule has 1 atom stereocenters. The SMILES string of the molecule is CCOC(=O)C1(F)CCCNC1. The van der Waals surface area contributed by atoms with Crippen molar-refractivity contribution in [2.75, 3.05) is 19.7 Å². The first kappa shape index (κ1) is 9.45. The van der Waals surface area contributed by atoms with Crippen LogP contribution in [0, 0.1) is 0 Å². The molecule has 3 nitrogen and oxygen atoms in total. The first-order valence-electron chi connectivity index (χ1n) is 4.26. The molecule has 1 aliphatic rings. The van der Waals surface area contributed by atoms with E-state index < -0.39 is 11.6 Å². The van der Waals surface area contributed by atoms with Crippen LogP contribution >= 0.6 is 0 Å². The zero-order valence-electron chi connectivity index (χ0n) is 7.23. The average Bonchev–Trinajstić information content (AvgIpc) is 2.06. The van der Waals surface area contributed by atoms with E-state index in [0.29, 0.717) is 6.42 Å². The minimum atomic E-state index is -1.78. The lowest BCUT2D eigenvalue weighted by Gasteiger charge is -2.27. The van der Waals surface area contributed by atoms with Crippen LogP contribution in [-0.4, -0.2) is 31.3 Å². The fourth-order valence-electron chi connectivity index (χ4n) is 1.30. The predicted octanol–water partition coefficient (Wildman–Crippen LogP) is 0.641. The number of esters is 1. The summed E-state index contributed by atoms with van der Waals surface area (Å²) >= 11 is 0. The molecular formula is C8H14FNO2. The monoisotopic (exact) mass is 175 g/mol. The van der Waals surface area contributed by atoms with E-state index in [-0.39, 0.29) is 19.6 Å². The number of hydrogen-bond acceptors (Lipinski definition) is 3. The summed E-state index contributed by atoms with van der Waals surface area (Å²) in [5.41, 5.74) is -1.78. The molecule has 0 aromatic carbocycles. The van der Waals surface area contributed by atoms with Crippen molar-refractivity contribution in [3.8, 4) is 0 Å². The Hall–Kier alpha value is -0.640. The lowest BCUT2D eigenvalue weighted by molar-refractivity contribution is -0.158. The minimum absolute atomic E-state index is 0.0891. The van der Waals surface area contributed by atoms with Crippen LogP contribution in [0.3, 0.4) is 0 Å². The fourth-order valence-corrected chi connectivity index (χ4v) is 1.30. The maximum absolute atomic E-state index is 13.6. The van der Waals surface area contributed by atoms with Crippen molar-refractivity contribution >= 4 is 5.97 Å². The van der Waals surface area contributed by atoms with Gasteiger partial charge in [0.15, 0.2) is 0 Å². The molecule has 0 saturated carbocycles. The van der Waals surface area contributed by atoms with Gasteiger partial charge < -0.3 is 10.1 Å². The molecule has 0 bridgehead atoms. The highest BCUT2D eigenvalue weighted by molar-refractivity contribution is 5.79. The van der Waals surface area contributed by atoms with Crippen molar-refractivity contribution in [2.45, 2.75) is 25.4 Å². The number of alkyl halides is 1. The number of nitrogens with one attached hydrogen (secondary N) is 1. The van der Waals surface area contributed by atoms with E-state index in [1.807, 2.05) is 0 Å². The summed E-state index contributed by atoms with van der Waals surface area (Å²) in [5, 5.41) is 2.84. The van der Waals surface area contributed by atoms with Crippen molar-refractivity contribution < 1.29 is 13.9 Å². The van der Waals surface area contributed by atoms with Gasteiger partial charge in [0.25, 0.3) is 0 Å². The van der Waals surface area contributed by atoms with Gasteiger partial charge in [-0.1, -0.05) is 0 Å². The Kier molecular flexibility index (Phi) is 3.03. The summed E-state index contributed by atoms with van der Waals surface area (Å²) in [5.74, 6) is -0.725. The van der Waals surface area contributed by atoms with Gasteiger partial charge in [-0.25, -0.2) is 9.18 Å². The van der Waals surface area contributed by atoms with E-state index in [0.717, 1.165) is 6.54 Å². The summed E-state index contributed by atoms with van der Waals surface area (Å²) in [4.78, 5) is 11.1. The summed E-state index contributed by atoms with van der Waals surface area (Å²) in [6.07, 6.45) is 0.966. The molecule has 0 aromatic heterocycles. The summed E-state index contributed by atoms with van der Waals surface area (Å²) in [6.45, 7) is 2.79. The number of carbonyl (C=O) groups excluding carboxylic acids is 1. The third-order valence-corrected chi connectivity index (χ3v) is 1.97. The fraction of sp³-hybridized carbons (Fsp3) is 0.875. The molecule has 1 N–H and O–H groups in total. The number of halogens is 1. The molecule has 1 fully saturated rings. The van der Waals surface area contributed by atoms with Crippen molar-refractivity contribution in [2.24, 2.45) is 0 Å². The lowest BCUT2D eigenvalue weighted by atomic mass is 9.96. The molecule has 0 aromatic rings. The van der Waals surface area contributed by atoms with Gasteiger partial charge in [0.1, 0.15) is 0 Å². The van der Waals surface area contributed by atoms with Crippen molar-refractivity contribution in [3.05, 3.63) is 0 Å². The van der Waals surface area contributed by atoms with Crippen LogP contribution in [0.5, 0.6) is 0 Å². The molecule has 0 radical (unpaired) electrons. The Morgan fingerprint density at radius 1 is 1.75 bits per heavy atom. The maximum Gasteiger partial charge on any atom is 0.345 e. The molecule has 12 heavy (non-hydrogen) atoms. The second kappa shape index (κ2) is 3.85. The Labute approximate surface area is 71.3 Å². The van der Waals surface area contributed by atoms with Gasteiger partial charge in [0, 0.05) is 6.54 Å². The highest BCUT2D eigenvalue weighted by Crippen LogP contribution is 2.22. The highest BCUT2D eigenvalue weighted by atomic mass is 19.1. The zero-order chi connectivity index (χ0) is 9.03. The standard InChI is InChI=1S/C8H14FNO2/c1-2-12-7(11)8(9)4-3-5-10-6-8/h10H,2-6H2,1H3. The van der Waals surface area contributed by atoms with Gasteiger partial charge in [0.05, 0.1) is 6.61 Å². The number of carbonyl (C=O) groups is 1. The van der Waals surface area contributed by atoms with Crippen LogP contribution in [-0.2, 0) is 9.53 Å². The molecule has 0 spiro atoms. The van der Waals surface area contributed by atoms with Gasteiger partial charge in [-0.3, -0.25) is 0 Å². The molecule has 1 aliphatic heterocycles. The third-order valence-electron chi connectivity index (χ3n) is 1.97. The Morgan fingerprint density at radius 2 is 2.50 bits per heavy atom. The molecule has 4 heteroatoms. The van der Waals surface area contributed by atoms with Crippen molar-refractivity contribution in [3.63, 3.8) is 0 Å². The number of hydrogen-bond donors (Lipinski definition) is 1. The Morgan fingerprint density at radius 3 is 3.00 bits per heavy atom. The number of rotatable bonds is 2. The van der Waals surface area contributed by atoms with Gasteiger partial charge in [-0.05, 0) is 26.3 Å². The van der Waals surface area contributed by atoms with Crippen LogP contribution in [0.2, 0.25) is 0 Å². The summed E-state index contributed by atoms with van der Waals surface area (Å²) in [6, 6.07) is 0. The molecule has 70 valence electrons. The predicted molar refractivity (Wildman–Crippen MR) is 42.6 cm³/mol. The van der Waals surface area contributed by atoms with Crippen molar-refractivity contribution in [1.82, 2.24) is 5.32 Å². The van der Waals surface area contributed by atoms with Gasteiger partial charge in [-0.15, -0.1) is 0 Å². The minimum Gasteiger partial charge on any atom is -0.464 e. The first-order valence-corrected chi connectivity index (χ1v) is 4.26. The number of ether oxygens (including phenoxy) is 1. The second-order valence-corrected chi connectivity index (χ2v) is 2.97. The third kappa shape index (κ3) is 1.94. The van der Waals surface area contributed by atoms with Crippen LogP contribution in [0.4, 0.5) is 4.39 Å². The lowest BCUT2D eigenvalue weighted by Crippen LogP contribution is -2.48. The van der Waals surface area contributed by atoms with Crippen LogP contribution < -0.4 is 5.32 Å². The quantitative estimate of drug-likeness (QED) is 0.626. The van der Waals surface area contributed by atoms with E-state index in [2.05, 4.69) is 10.1 Å². The van der Waals surface area contributed by atoms with Gasteiger partial charge >= 0.3 is 5.97 Å². The number of piperidine rings is 1. The second-order valence-electron chi connectivity index (χ2n) is 2.97. The Balaban J connectivity index is 2.50. The normalized spacial score (nSPS) is 29.8. The molecule has 1 saturated heterocycles. The summed E-state index contributed by atoms with van der Waals surface area (Å²) < 4.78 is 18.2. The van der Waals surface area contributed by atoms with E-state index in [9.17, 15) is 9.18 Å². The van der Waals surface area contributed by atoms with Gasteiger partial charge in [0.2, 0.25) is 5.67 Å². The zero-order valence-corrected chi connectivity index (χ0v) is 7.23. The molecule has 1 unspecified atom stereocenters. The maximum atomic E-state index is 13.6. The van der Waals surface area contributed by atoms with Crippen LogP contribution in [0.25, 0.3) is 0 Å². The highest BCUT2D eigenvalue weighted by Gasteiger charge is 2.41. The van der Waals surface area contributed by atoms with E-state index >= 15 is 0 Å². The summed E-state index contributed by atoms with van der Waals surface area (Å²) in [7, 11) is 0. The topological polar surface area (TPSA) is 38.3 Å². The molecule has 1 rings (SSSR count). The molecule has 0 aliphatic carbocycles. The average molecular weight is 175 g/mol. The smallest absolute Gasteiger partial charge is 0.345 e. The largest absolute Gasteiger partial charge is 0.464 e. The molecule has 0 amide bonds. The van der Waals surface area contributed by atoms with Crippen LogP contribution in [0.15, 0.2) is 0 Å². The van der Waals surface area contributed by atoms with E-state index in [1.54, 1.807) is 6.92 Å². The Bertz CT molecular complexity index is 166.